The maximum Gasteiger partial charge on any atom is 0.194 e. The summed E-state index contributed by atoms with van der Waals surface area (Å²) in [6.07, 6.45) is 3.46. The van der Waals surface area contributed by atoms with E-state index in [1.165, 1.54) is 12.8 Å². The molecule has 1 saturated heterocycles. The zero-order chi connectivity index (χ0) is 14.9. The zero-order valence-corrected chi connectivity index (χ0v) is 13.4. The molecule has 1 fully saturated rings. The number of aromatic nitrogens is 3. The molecule has 6 nitrogen and oxygen atoms in total. The predicted molar refractivity (Wildman–Crippen MR) is 83.1 cm³/mol. The molecule has 1 N–H and O–H groups in total. The van der Waals surface area contributed by atoms with E-state index in [2.05, 4.69) is 45.8 Å². The lowest BCUT2D eigenvalue weighted by atomic mass is 9.93. The van der Waals surface area contributed by atoms with E-state index < -0.39 is 0 Å². The van der Waals surface area contributed by atoms with Crippen molar-refractivity contribution in [1.82, 2.24) is 25.0 Å². The number of nitrogens with zero attached hydrogens (tertiary/aromatic N) is 5. The minimum absolute atomic E-state index is 0.381. The number of hydrogen-bond donors (Lipinski definition) is 1. The molecule has 116 valence electrons. The van der Waals surface area contributed by atoms with E-state index in [9.17, 15) is 0 Å². The van der Waals surface area contributed by atoms with Gasteiger partial charge in [-0.3, -0.25) is 0 Å². The molecule has 2 aliphatic heterocycles. The van der Waals surface area contributed by atoms with Gasteiger partial charge >= 0.3 is 0 Å². The maximum atomic E-state index is 4.79. The fraction of sp³-hybridized carbons (Fsp3) is 0.800. The molecule has 0 unspecified atom stereocenters. The van der Waals surface area contributed by atoms with E-state index in [1.54, 1.807) is 0 Å². The van der Waals surface area contributed by atoms with E-state index in [4.69, 9.17) is 4.99 Å². The van der Waals surface area contributed by atoms with Crippen LogP contribution in [-0.4, -0.2) is 45.3 Å². The summed E-state index contributed by atoms with van der Waals surface area (Å²) >= 11 is 0. The molecular weight excluding hydrogens is 264 g/mol. The SMILES string of the molecule is CCNC(=NCc1nnc2n1CCC2)N1CCC(C)(C)C1. The number of likely N-dealkylation sites (tertiary alicyclic amines) is 1. The third-order valence-corrected chi connectivity index (χ3v) is 4.37. The van der Waals surface area contributed by atoms with Crippen LogP contribution in [0.5, 0.6) is 0 Å². The summed E-state index contributed by atoms with van der Waals surface area (Å²) in [5.74, 6) is 3.13. The quantitative estimate of drug-likeness (QED) is 0.676. The van der Waals surface area contributed by atoms with Crippen LogP contribution in [0.1, 0.15) is 45.3 Å². The van der Waals surface area contributed by atoms with Gasteiger partial charge in [0.15, 0.2) is 11.8 Å². The first-order valence-corrected chi connectivity index (χ1v) is 8.03. The average molecular weight is 290 g/mol. The van der Waals surface area contributed by atoms with Gasteiger partial charge in [0, 0.05) is 32.6 Å². The molecule has 0 bridgehead atoms. The fourth-order valence-corrected chi connectivity index (χ4v) is 3.19. The molecule has 0 amide bonds. The summed E-state index contributed by atoms with van der Waals surface area (Å²) in [5.41, 5.74) is 0.381. The van der Waals surface area contributed by atoms with Gasteiger partial charge in [-0.15, -0.1) is 10.2 Å². The number of nitrogens with one attached hydrogen (secondary N) is 1. The van der Waals surface area contributed by atoms with Crippen molar-refractivity contribution in [2.24, 2.45) is 10.4 Å². The standard InChI is InChI=1S/C15H26N6/c1-4-16-14(20-9-7-15(2,3)11-20)17-10-13-19-18-12-6-5-8-21(12)13/h4-11H2,1-3H3,(H,16,17). The van der Waals surface area contributed by atoms with Gasteiger partial charge in [0.05, 0.1) is 0 Å². The maximum absolute atomic E-state index is 4.79. The topological polar surface area (TPSA) is 58.3 Å². The van der Waals surface area contributed by atoms with Gasteiger partial charge in [-0.2, -0.15) is 0 Å². The molecule has 0 aromatic carbocycles. The molecule has 21 heavy (non-hydrogen) atoms. The first-order chi connectivity index (χ1) is 10.1. The summed E-state index contributed by atoms with van der Waals surface area (Å²) in [7, 11) is 0. The predicted octanol–water partition coefficient (Wildman–Crippen LogP) is 1.42. The van der Waals surface area contributed by atoms with Crippen molar-refractivity contribution < 1.29 is 0 Å². The lowest BCUT2D eigenvalue weighted by Gasteiger charge is -2.23. The van der Waals surface area contributed by atoms with Crippen LogP contribution in [0.15, 0.2) is 4.99 Å². The van der Waals surface area contributed by atoms with Crippen molar-refractivity contribution >= 4 is 5.96 Å². The van der Waals surface area contributed by atoms with Crippen molar-refractivity contribution in [3.8, 4) is 0 Å². The summed E-state index contributed by atoms with van der Waals surface area (Å²) in [6, 6.07) is 0. The molecule has 0 saturated carbocycles. The van der Waals surface area contributed by atoms with Gasteiger partial charge in [0.2, 0.25) is 0 Å². The minimum atomic E-state index is 0.381. The van der Waals surface area contributed by atoms with Crippen LogP contribution in [0.25, 0.3) is 0 Å². The van der Waals surface area contributed by atoms with Crippen molar-refractivity contribution in [1.29, 1.82) is 0 Å². The Morgan fingerprint density at radius 3 is 2.90 bits per heavy atom. The van der Waals surface area contributed by atoms with Crippen LogP contribution in [-0.2, 0) is 19.5 Å². The number of fused-ring (bicyclic) bond motifs is 1. The van der Waals surface area contributed by atoms with Crippen LogP contribution in [0.4, 0.5) is 0 Å². The van der Waals surface area contributed by atoms with Gasteiger partial charge in [0.25, 0.3) is 0 Å². The molecule has 6 heteroatoms. The third-order valence-electron chi connectivity index (χ3n) is 4.37. The fourth-order valence-electron chi connectivity index (χ4n) is 3.19. The Labute approximate surface area is 126 Å². The lowest BCUT2D eigenvalue weighted by molar-refractivity contribution is 0.370. The molecule has 0 atom stereocenters. The van der Waals surface area contributed by atoms with E-state index in [1.807, 2.05) is 0 Å². The van der Waals surface area contributed by atoms with Gasteiger partial charge in [-0.25, -0.2) is 4.99 Å². The Hall–Kier alpha value is -1.59. The molecule has 3 heterocycles. The Bertz CT molecular complexity index is 530. The molecule has 0 aliphatic carbocycles. The molecule has 2 aliphatic rings. The summed E-state index contributed by atoms with van der Waals surface area (Å²) in [5, 5.41) is 11.9. The van der Waals surface area contributed by atoms with Crippen LogP contribution in [0.2, 0.25) is 0 Å². The number of guanidine groups is 1. The Balaban J connectivity index is 1.71. The van der Waals surface area contributed by atoms with E-state index in [0.29, 0.717) is 12.0 Å². The number of aryl methyl sites for hydroxylation is 1. The van der Waals surface area contributed by atoms with Gasteiger partial charge in [0.1, 0.15) is 12.4 Å². The molecular formula is C15H26N6. The van der Waals surface area contributed by atoms with E-state index in [0.717, 1.165) is 50.2 Å². The summed E-state index contributed by atoms with van der Waals surface area (Å²) in [4.78, 5) is 7.15. The highest BCUT2D eigenvalue weighted by Crippen LogP contribution is 2.28. The second kappa shape index (κ2) is 5.66. The second-order valence-electron chi connectivity index (χ2n) is 6.79. The molecule has 1 aromatic rings. The number of hydrogen-bond acceptors (Lipinski definition) is 3. The normalized spacial score (nSPS) is 20.9. The highest BCUT2D eigenvalue weighted by atomic mass is 15.3. The Morgan fingerprint density at radius 2 is 2.19 bits per heavy atom. The van der Waals surface area contributed by atoms with Crippen molar-refractivity contribution in [3.63, 3.8) is 0 Å². The lowest BCUT2D eigenvalue weighted by Crippen LogP contribution is -2.40. The molecule has 3 rings (SSSR count). The Morgan fingerprint density at radius 1 is 1.33 bits per heavy atom. The largest absolute Gasteiger partial charge is 0.357 e. The van der Waals surface area contributed by atoms with Crippen molar-refractivity contribution in [2.45, 2.75) is 53.1 Å². The summed E-state index contributed by atoms with van der Waals surface area (Å²) in [6.45, 7) is 11.5. The van der Waals surface area contributed by atoms with Crippen LogP contribution in [0.3, 0.4) is 0 Å². The minimum Gasteiger partial charge on any atom is -0.357 e. The van der Waals surface area contributed by atoms with Gasteiger partial charge in [-0.05, 0) is 25.2 Å². The Kier molecular flexibility index (Phi) is 3.87. The van der Waals surface area contributed by atoms with Crippen molar-refractivity contribution in [2.75, 3.05) is 19.6 Å². The molecule has 0 spiro atoms. The zero-order valence-electron chi connectivity index (χ0n) is 13.4. The first kappa shape index (κ1) is 14.4. The highest BCUT2D eigenvalue weighted by Gasteiger charge is 2.31. The monoisotopic (exact) mass is 290 g/mol. The van der Waals surface area contributed by atoms with Crippen LogP contribution < -0.4 is 5.32 Å². The highest BCUT2D eigenvalue weighted by molar-refractivity contribution is 5.80. The van der Waals surface area contributed by atoms with Crippen LogP contribution >= 0.6 is 0 Å². The first-order valence-electron chi connectivity index (χ1n) is 8.03. The van der Waals surface area contributed by atoms with Crippen LogP contribution in [0, 0.1) is 5.41 Å². The summed E-state index contributed by atoms with van der Waals surface area (Å²) < 4.78 is 2.22. The molecule has 1 aromatic heterocycles. The molecule has 0 radical (unpaired) electrons. The number of rotatable bonds is 3. The smallest absolute Gasteiger partial charge is 0.194 e. The average Bonchev–Trinajstić information content (AvgIpc) is 3.10. The van der Waals surface area contributed by atoms with E-state index in [-0.39, 0.29) is 0 Å². The van der Waals surface area contributed by atoms with Gasteiger partial charge in [-0.1, -0.05) is 13.8 Å². The van der Waals surface area contributed by atoms with E-state index >= 15 is 0 Å². The van der Waals surface area contributed by atoms with Crippen molar-refractivity contribution in [3.05, 3.63) is 11.6 Å². The second-order valence-corrected chi connectivity index (χ2v) is 6.79. The van der Waals surface area contributed by atoms with Gasteiger partial charge < -0.3 is 14.8 Å². The number of aliphatic imine (C=N–C) groups is 1. The third kappa shape index (κ3) is 3.04.